The monoisotopic (exact) mass is 288 g/mol. The molecule has 20 heavy (non-hydrogen) atoms. The van der Waals surface area contributed by atoms with Crippen LogP contribution in [-0.4, -0.2) is 22.8 Å². The largest absolute Gasteiger partial charge is 0.467 e. The Morgan fingerprint density at radius 2 is 2.00 bits per heavy atom. The molecular formula is C15H16N2O2S. The number of likely N-dealkylation sites (N-methyl/N-ethyl adjacent to an activating group) is 1. The van der Waals surface area contributed by atoms with Gasteiger partial charge in [-0.3, -0.25) is 4.79 Å². The van der Waals surface area contributed by atoms with Crippen molar-refractivity contribution in [2.24, 2.45) is 5.73 Å². The minimum Gasteiger partial charge on any atom is -0.467 e. The zero-order valence-electron chi connectivity index (χ0n) is 11.2. The molecule has 4 nitrogen and oxygen atoms in total. The molecule has 0 bridgehead atoms. The first-order chi connectivity index (χ1) is 9.56. The molecule has 2 rings (SSSR count). The van der Waals surface area contributed by atoms with Crippen molar-refractivity contribution in [2.75, 3.05) is 7.05 Å². The maximum absolute atomic E-state index is 12.1. The summed E-state index contributed by atoms with van der Waals surface area (Å²) in [6.45, 7) is 0.469. The Bertz CT molecular complexity index is 591. The zero-order chi connectivity index (χ0) is 14.5. The lowest BCUT2D eigenvalue weighted by Crippen LogP contribution is -2.27. The second-order valence-corrected chi connectivity index (χ2v) is 5.01. The first kappa shape index (κ1) is 14.3. The number of amides is 1. The van der Waals surface area contributed by atoms with Crippen LogP contribution >= 0.6 is 12.2 Å². The summed E-state index contributed by atoms with van der Waals surface area (Å²) in [7, 11) is 1.76. The van der Waals surface area contributed by atoms with Crippen molar-refractivity contribution in [3.8, 4) is 0 Å². The summed E-state index contributed by atoms with van der Waals surface area (Å²) in [6.07, 6.45) is 1.94. The third-order valence-corrected chi connectivity index (χ3v) is 3.23. The average Bonchev–Trinajstić information content (AvgIpc) is 2.92. The standard InChI is InChI=1S/C15H16N2O2S/c1-17(10-13-3-2-8-19-13)14(18)9-11-4-6-12(7-5-11)15(16)20/h2-8H,9-10H2,1H3,(H2,16,20). The number of hydrogen-bond acceptors (Lipinski definition) is 3. The molecule has 0 aliphatic rings. The summed E-state index contributed by atoms with van der Waals surface area (Å²) in [5, 5.41) is 0. The highest BCUT2D eigenvalue weighted by Gasteiger charge is 2.11. The van der Waals surface area contributed by atoms with Gasteiger partial charge in [0.25, 0.3) is 0 Å². The van der Waals surface area contributed by atoms with E-state index >= 15 is 0 Å². The van der Waals surface area contributed by atoms with Gasteiger partial charge in [-0.05, 0) is 17.7 Å². The van der Waals surface area contributed by atoms with Crippen LogP contribution in [0.25, 0.3) is 0 Å². The number of carbonyl (C=O) groups excluding carboxylic acids is 1. The van der Waals surface area contributed by atoms with E-state index in [0.717, 1.165) is 16.9 Å². The second kappa shape index (κ2) is 6.34. The van der Waals surface area contributed by atoms with Crippen molar-refractivity contribution in [3.05, 3.63) is 59.5 Å². The molecule has 2 N–H and O–H groups in total. The number of carbonyl (C=O) groups is 1. The molecule has 0 spiro atoms. The fraction of sp³-hybridized carbons (Fsp3) is 0.200. The molecule has 1 amide bonds. The van der Waals surface area contributed by atoms with Gasteiger partial charge in [-0.2, -0.15) is 0 Å². The van der Waals surface area contributed by atoms with E-state index < -0.39 is 0 Å². The highest BCUT2D eigenvalue weighted by atomic mass is 32.1. The molecule has 0 aliphatic carbocycles. The smallest absolute Gasteiger partial charge is 0.227 e. The Morgan fingerprint density at radius 3 is 2.55 bits per heavy atom. The van der Waals surface area contributed by atoms with E-state index in [1.165, 1.54) is 0 Å². The van der Waals surface area contributed by atoms with E-state index in [1.807, 2.05) is 36.4 Å². The minimum absolute atomic E-state index is 0.0319. The van der Waals surface area contributed by atoms with Crippen molar-refractivity contribution in [1.29, 1.82) is 0 Å². The normalized spacial score (nSPS) is 10.2. The lowest BCUT2D eigenvalue weighted by molar-refractivity contribution is -0.129. The van der Waals surface area contributed by atoms with Crippen molar-refractivity contribution in [2.45, 2.75) is 13.0 Å². The van der Waals surface area contributed by atoms with Gasteiger partial charge < -0.3 is 15.1 Å². The fourth-order valence-electron chi connectivity index (χ4n) is 1.82. The molecule has 0 unspecified atom stereocenters. The van der Waals surface area contributed by atoms with Crippen LogP contribution in [0.15, 0.2) is 47.1 Å². The molecule has 1 aromatic carbocycles. The van der Waals surface area contributed by atoms with Gasteiger partial charge in [-0.1, -0.05) is 36.5 Å². The predicted molar refractivity (Wildman–Crippen MR) is 81.2 cm³/mol. The van der Waals surface area contributed by atoms with E-state index in [-0.39, 0.29) is 5.91 Å². The van der Waals surface area contributed by atoms with Gasteiger partial charge in [0.15, 0.2) is 0 Å². The molecule has 2 aromatic rings. The molecule has 0 saturated heterocycles. The average molecular weight is 288 g/mol. The van der Waals surface area contributed by atoms with E-state index in [4.69, 9.17) is 22.4 Å². The molecule has 1 heterocycles. The van der Waals surface area contributed by atoms with Gasteiger partial charge in [0.1, 0.15) is 10.7 Å². The number of hydrogen-bond donors (Lipinski definition) is 1. The predicted octanol–water partition coefficient (Wildman–Crippen LogP) is 2.11. The van der Waals surface area contributed by atoms with Crippen LogP contribution in [-0.2, 0) is 17.8 Å². The number of furan rings is 1. The molecule has 0 radical (unpaired) electrons. The van der Waals surface area contributed by atoms with Crippen LogP contribution < -0.4 is 5.73 Å². The van der Waals surface area contributed by atoms with Gasteiger partial charge in [-0.15, -0.1) is 0 Å². The number of thiocarbonyl (C=S) groups is 1. The lowest BCUT2D eigenvalue weighted by Gasteiger charge is -2.15. The quantitative estimate of drug-likeness (QED) is 0.856. The van der Waals surface area contributed by atoms with Crippen LogP contribution in [0.4, 0.5) is 0 Å². The van der Waals surface area contributed by atoms with Gasteiger partial charge in [0.2, 0.25) is 5.91 Å². The lowest BCUT2D eigenvalue weighted by atomic mass is 10.1. The van der Waals surface area contributed by atoms with Gasteiger partial charge in [0.05, 0.1) is 19.2 Å². The Labute approximate surface area is 123 Å². The Balaban J connectivity index is 1.95. The van der Waals surface area contributed by atoms with Gasteiger partial charge in [0, 0.05) is 12.6 Å². The third-order valence-electron chi connectivity index (χ3n) is 2.99. The summed E-state index contributed by atoms with van der Waals surface area (Å²) in [5.41, 5.74) is 7.27. The summed E-state index contributed by atoms with van der Waals surface area (Å²) in [4.78, 5) is 14.1. The summed E-state index contributed by atoms with van der Waals surface area (Å²) >= 11 is 4.89. The number of nitrogens with two attached hydrogens (primary N) is 1. The van der Waals surface area contributed by atoms with E-state index in [9.17, 15) is 4.79 Å². The van der Waals surface area contributed by atoms with E-state index in [0.29, 0.717) is 18.0 Å². The summed E-state index contributed by atoms with van der Waals surface area (Å²) in [6, 6.07) is 11.1. The fourth-order valence-corrected chi connectivity index (χ4v) is 1.96. The third kappa shape index (κ3) is 3.68. The minimum atomic E-state index is 0.0319. The zero-order valence-corrected chi connectivity index (χ0v) is 12.0. The molecule has 104 valence electrons. The molecule has 0 saturated carbocycles. The van der Waals surface area contributed by atoms with Crippen LogP contribution in [0.3, 0.4) is 0 Å². The van der Waals surface area contributed by atoms with Gasteiger partial charge >= 0.3 is 0 Å². The number of nitrogens with zero attached hydrogens (tertiary/aromatic N) is 1. The van der Waals surface area contributed by atoms with Crippen molar-refractivity contribution in [3.63, 3.8) is 0 Å². The second-order valence-electron chi connectivity index (χ2n) is 4.57. The molecular weight excluding hydrogens is 272 g/mol. The topological polar surface area (TPSA) is 59.5 Å². The van der Waals surface area contributed by atoms with Crippen molar-refractivity contribution < 1.29 is 9.21 Å². The van der Waals surface area contributed by atoms with Crippen LogP contribution in [0.2, 0.25) is 0 Å². The first-order valence-electron chi connectivity index (χ1n) is 6.21. The summed E-state index contributed by atoms with van der Waals surface area (Å²) < 4.78 is 5.22. The van der Waals surface area contributed by atoms with Crippen LogP contribution in [0, 0.1) is 0 Å². The van der Waals surface area contributed by atoms with Gasteiger partial charge in [-0.25, -0.2) is 0 Å². The molecule has 0 atom stereocenters. The SMILES string of the molecule is CN(Cc1ccco1)C(=O)Cc1ccc(C(N)=S)cc1. The molecule has 5 heteroatoms. The van der Waals surface area contributed by atoms with Crippen molar-refractivity contribution in [1.82, 2.24) is 4.90 Å². The van der Waals surface area contributed by atoms with E-state index in [1.54, 1.807) is 18.2 Å². The molecule has 0 fully saturated rings. The number of rotatable bonds is 5. The molecule has 1 aromatic heterocycles. The first-order valence-corrected chi connectivity index (χ1v) is 6.62. The Morgan fingerprint density at radius 1 is 1.30 bits per heavy atom. The van der Waals surface area contributed by atoms with E-state index in [2.05, 4.69) is 0 Å². The highest BCUT2D eigenvalue weighted by Crippen LogP contribution is 2.09. The van der Waals surface area contributed by atoms with Crippen LogP contribution in [0.5, 0.6) is 0 Å². The van der Waals surface area contributed by atoms with Crippen molar-refractivity contribution >= 4 is 23.1 Å². The summed E-state index contributed by atoms with van der Waals surface area (Å²) in [5.74, 6) is 0.800. The number of benzene rings is 1. The molecule has 0 aliphatic heterocycles. The maximum atomic E-state index is 12.1. The maximum Gasteiger partial charge on any atom is 0.227 e. The Kier molecular flexibility index (Phi) is 4.53. The highest BCUT2D eigenvalue weighted by molar-refractivity contribution is 7.80. The Hall–Kier alpha value is -2.14. The van der Waals surface area contributed by atoms with Crippen LogP contribution in [0.1, 0.15) is 16.9 Å².